The van der Waals surface area contributed by atoms with Crippen LogP contribution in [0.2, 0.25) is 0 Å². The van der Waals surface area contributed by atoms with E-state index >= 15 is 0 Å². The highest BCUT2D eigenvalue weighted by Crippen LogP contribution is 2.29. The Morgan fingerprint density at radius 2 is 1.93 bits per heavy atom. The molecule has 0 radical (unpaired) electrons. The van der Waals surface area contributed by atoms with Gasteiger partial charge in [-0.2, -0.15) is 13.2 Å². The Morgan fingerprint density at radius 1 is 1.43 bits per heavy atom. The minimum atomic E-state index is -5.24. The van der Waals surface area contributed by atoms with Gasteiger partial charge in [-0.1, -0.05) is 0 Å². The largest absolute Gasteiger partial charge is 0.446 e. The van der Waals surface area contributed by atoms with Crippen LogP contribution in [0.25, 0.3) is 0 Å². The van der Waals surface area contributed by atoms with E-state index in [4.69, 9.17) is 5.11 Å². The number of amides is 2. The average molecular weight is 212 g/mol. The summed E-state index contributed by atoms with van der Waals surface area (Å²) in [5.74, 6) is -2.78. The van der Waals surface area contributed by atoms with E-state index in [1.165, 1.54) is 12.2 Å². The van der Waals surface area contributed by atoms with Gasteiger partial charge in [0, 0.05) is 0 Å². The van der Waals surface area contributed by atoms with Crippen LogP contribution in [-0.2, 0) is 9.59 Å². The molecule has 1 fully saturated rings. The highest BCUT2D eigenvalue weighted by molar-refractivity contribution is 5.98. The first kappa shape index (κ1) is 10.8. The molecular formula is C6H7F3N2O3. The van der Waals surface area contributed by atoms with Gasteiger partial charge in [0.1, 0.15) is 6.04 Å². The first-order chi connectivity index (χ1) is 6.18. The third-order valence-corrected chi connectivity index (χ3v) is 1.78. The number of halogens is 3. The number of hydrogen-bond donors (Lipinski definition) is 3. The normalized spacial score (nSPS) is 33.6. The number of rotatable bonds is 0. The molecule has 3 N–H and O–H groups in total. The molecule has 1 rings (SSSR count). The van der Waals surface area contributed by atoms with Gasteiger partial charge in [0.05, 0.1) is 0 Å². The third-order valence-electron chi connectivity index (χ3n) is 1.78. The molecule has 80 valence electrons. The Labute approximate surface area is 76.3 Å². The lowest BCUT2D eigenvalue weighted by Gasteiger charge is -2.35. The van der Waals surface area contributed by atoms with Crippen LogP contribution in [0.3, 0.4) is 0 Å². The fourth-order valence-electron chi connectivity index (χ4n) is 0.910. The third kappa shape index (κ3) is 1.41. The second kappa shape index (κ2) is 2.84. The van der Waals surface area contributed by atoms with Gasteiger partial charge in [-0.15, -0.1) is 0 Å². The topological polar surface area (TPSA) is 78.4 Å². The van der Waals surface area contributed by atoms with E-state index in [2.05, 4.69) is 0 Å². The fourth-order valence-corrected chi connectivity index (χ4v) is 0.910. The van der Waals surface area contributed by atoms with Crippen molar-refractivity contribution in [2.75, 3.05) is 0 Å². The van der Waals surface area contributed by atoms with Gasteiger partial charge in [0.15, 0.2) is 0 Å². The lowest BCUT2D eigenvalue weighted by atomic mass is 10.1. The summed E-state index contributed by atoms with van der Waals surface area (Å²) in [4.78, 5) is 21.6. The van der Waals surface area contributed by atoms with E-state index < -0.39 is 29.8 Å². The minimum Gasteiger partial charge on any atom is -0.356 e. The molecule has 2 atom stereocenters. The van der Waals surface area contributed by atoms with Crippen molar-refractivity contribution in [2.45, 2.75) is 24.9 Å². The molecule has 1 aliphatic rings. The molecule has 1 aliphatic heterocycles. The molecule has 8 heteroatoms. The molecule has 1 heterocycles. The molecule has 0 spiro atoms. The minimum absolute atomic E-state index is 1.09. The highest BCUT2D eigenvalue weighted by Gasteiger charge is 2.63. The van der Waals surface area contributed by atoms with Crippen molar-refractivity contribution in [3.63, 3.8) is 0 Å². The van der Waals surface area contributed by atoms with Crippen LogP contribution in [0.15, 0.2) is 0 Å². The molecule has 0 bridgehead atoms. The summed E-state index contributed by atoms with van der Waals surface area (Å²) >= 11 is 0. The molecule has 0 aliphatic carbocycles. The van der Waals surface area contributed by atoms with Crippen molar-refractivity contribution < 1.29 is 27.9 Å². The standard InChI is InChI=1S/C6H7F3N2O3/c1-2-3(12)11-5(14,4(13)10-2)6(7,8)9/h2,14H,1H3,(H,10,13)(H,11,12)/t2-,5+/m0/s1. The van der Waals surface area contributed by atoms with Gasteiger partial charge in [0.2, 0.25) is 5.91 Å². The van der Waals surface area contributed by atoms with Crippen LogP contribution in [0.1, 0.15) is 6.92 Å². The zero-order valence-corrected chi connectivity index (χ0v) is 6.97. The van der Waals surface area contributed by atoms with E-state index in [1.807, 2.05) is 0 Å². The number of alkyl halides is 3. The molecule has 0 aromatic heterocycles. The number of carbonyl (C=O) groups excluding carboxylic acids is 2. The summed E-state index contributed by atoms with van der Waals surface area (Å²) in [6, 6.07) is -1.09. The highest BCUT2D eigenvalue weighted by atomic mass is 19.4. The van der Waals surface area contributed by atoms with Crippen LogP contribution < -0.4 is 10.6 Å². The molecule has 14 heavy (non-hydrogen) atoms. The maximum atomic E-state index is 12.2. The maximum absolute atomic E-state index is 12.2. The predicted octanol–water partition coefficient (Wildman–Crippen LogP) is -1.13. The summed E-state index contributed by atoms with van der Waals surface area (Å²) in [6.07, 6.45) is -5.24. The fraction of sp³-hybridized carbons (Fsp3) is 0.667. The molecule has 0 unspecified atom stereocenters. The average Bonchev–Trinajstić information content (AvgIpc) is 1.99. The maximum Gasteiger partial charge on any atom is 0.446 e. The SMILES string of the molecule is C[C@@H]1NC(=O)[C@@](O)(C(F)(F)F)NC1=O. The van der Waals surface area contributed by atoms with Crippen LogP contribution in [0.5, 0.6) is 0 Å². The van der Waals surface area contributed by atoms with Crippen molar-refractivity contribution in [2.24, 2.45) is 0 Å². The zero-order valence-electron chi connectivity index (χ0n) is 6.97. The van der Waals surface area contributed by atoms with Gasteiger partial charge < -0.3 is 15.7 Å². The molecule has 1 saturated heterocycles. The lowest BCUT2D eigenvalue weighted by Crippen LogP contribution is -2.74. The van der Waals surface area contributed by atoms with Gasteiger partial charge in [-0.25, -0.2) is 0 Å². The van der Waals surface area contributed by atoms with E-state index in [1.54, 1.807) is 5.32 Å². The first-order valence-electron chi connectivity index (χ1n) is 3.60. The number of hydrogen-bond acceptors (Lipinski definition) is 3. The summed E-state index contributed by atoms with van der Waals surface area (Å²) in [6.45, 7) is 1.20. The molecule has 0 aromatic rings. The van der Waals surface area contributed by atoms with Gasteiger partial charge in [0.25, 0.3) is 5.91 Å². The van der Waals surface area contributed by atoms with E-state index in [-0.39, 0.29) is 0 Å². The Morgan fingerprint density at radius 3 is 2.36 bits per heavy atom. The number of piperazine rings is 1. The zero-order chi connectivity index (χ0) is 11.1. The van der Waals surface area contributed by atoms with E-state index in [9.17, 15) is 22.8 Å². The van der Waals surface area contributed by atoms with Crippen LogP contribution in [0, 0.1) is 0 Å². The first-order valence-corrected chi connectivity index (χ1v) is 3.60. The van der Waals surface area contributed by atoms with E-state index in [0.29, 0.717) is 0 Å². The molecular weight excluding hydrogens is 205 g/mol. The Bertz CT molecular complexity index is 291. The molecule has 0 aromatic carbocycles. The van der Waals surface area contributed by atoms with Crippen molar-refractivity contribution in [3.8, 4) is 0 Å². The predicted molar refractivity (Wildman–Crippen MR) is 36.8 cm³/mol. The second-order valence-corrected chi connectivity index (χ2v) is 2.89. The van der Waals surface area contributed by atoms with Crippen LogP contribution in [-0.4, -0.2) is 34.9 Å². The summed E-state index contributed by atoms with van der Waals surface area (Å²) in [7, 11) is 0. The van der Waals surface area contributed by atoms with Crippen LogP contribution >= 0.6 is 0 Å². The van der Waals surface area contributed by atoms with E-state index in [0.717, 1.165) is 0 Å². The summed E-state index contributed by atoms with van der Waals surface area (Å²) < 4.78 is 36.5. The van der Waals surface area contributed by atoms with Crippen molar-refractivity contribution >= 4 is 11.8 Å². The number of nitrogens with one attached hydrogen (secondary N) is 2. The Balaban J connectivity index is 3.01. The molecule has 2 amide bonds. The lowest BCUT2D eigenvalue weighted by molar-refractivity contribution is -0.264. The number of aliphatic hydroxyl groups is 1. The van der Waals surface area contributed by atoms with Crippen molar-refractivity contribution in [1.29, 1.82) is 0 Å². The number of carbonyl (C=O) groups is 2. The Hall–Kier alpha value is -1.31. The summed E-state index contributed by atoms with van der Waals surface area (Å²) in [5.41, 5.74) is -3.82. The summed E-state index contributed by atoms with van der Waals surface area (Å²) in [5, 5.41) is 11.8. The second-order valence-electron chi connectivity index (χ2n) is 2.89. The monoisotopic (exact) mass is 212 g/mol. The molecule has 5 nitrogen and oxygen atoms in total. The smallest absolute Gasteiger partial charge is 0.356 e. The van der Waals surface area contributed by atoms with Gasteiger partial charge in [-0.3, -0.25) is 9.59 Å². The van der Waals surface area contributed by atoms with Crippen LogP contribution in [0.4, 0.5) is 13.2 Å². The van der Waals surface area contributed by atoms with Crippen molar-refractivity contribution in [1.82, 2.24) is 10.6 Å². The molecule has 0 saturated carbocycles. The van der Waals surface area contributed by atoms with Gasteiger partial charge >= 0.3 is 11.9 Å². The quantitative estimate of drug-likeness (QED) is 0.475. The van der Waals surface area contributed by atoms with Crippen molar-refractivity contribution in [3.05, 3.63) is 0 Å². The Kier molecular flexibility index (Phi) is 2.18. The van der Waals surface area contributed by atoms with Gasteiger partial charge in [-0.05, 0) is 6.92 Å².